The van der Waals surface area contributed by atoms with Crippen molar-refractivity contribution in [1.82, 2.24) is 30.0 Å². The Balaban J connectivity index is 1.57. The van der Waals surface area contributed by atoms with Gasteiger partial charge in [0.15, 0.2) is 5.65 Å². The Morgan fingerprint density at radius 2 is 2.03 bits per heavy atom. The van der Waals surface area contributed by atoms with Crippen LogP contribution in [0.1, 0.15) is 10.5 Å². The number of fused-ring (bicyclic) bond motifs is 1. The molecule has 3 heterocycles. The first-order valence-corrected chi connectivity index (χ1v) is 8.68. The number of aromatic nitrogens is 5. The zero-order valence-corrected chi connectivity index (χ0v) is 15.6. The SMILES string of the molecule is CNC(=O)c1cc(Oc2cccc(Nc3nc4c(cnn4C)c(=O)[nH]3)c2)ccn1. The quantitative estimate of drug-likeness (QED) is 0.474. The van der Waals surface area contributed by atoms with Crippen molar-refractivity contribution in [3.8, 4) is 11.5 Å². The molecule has 146 valence electrons. The normalized spacial score (nSPS) is 10.7. The molecule has 0 saturated heterocycles. The fraction of sp³-hybridized carbons (Fsp3) is 0.105. The van der Waals surface area contributed by atoms with Crippen molar-refractivity contribution in [1.29, 1.82) is 0 Å². The van der Waals surface area contributed by atoms with Crippen LogP contribution < -0.4 is 20.9 Å². The molecule has 0 fully saturated rings. The molecule has 0 radical (unpaired) electrons. The number of amides is 1. The Kier molecular flexibility index (Phi) is 4.65. The summed E-state index contributed by atoms with van der Waals surface area (Å²) in [6.07, 6.45) is 2.97. The summed E-state index contributed by atoms with van der Waals surface area (Å²) in [5, 5.41) is 10.0. The van der Waals surface area contributed by atoms with Crippen LogP contribution in [0.25, 0.3) is 11.0 Å². The van der Waals surface area contributed by atoms with Gasteiger partial charge in [-0.05, 0) is 18.2 Å². The molecule has 1 aromatic carbocycles. The first-order valence-electron chi connectivity index (χ1n) is 8.68. The first-order chi connectivity index (χ1) is 14.0. The minimum Gasteiger partial charge on any atom is -0.457 e. The molecule has 3 aromatic heterocycles. The molecule has 10 nitrogen and oxygen atoms in total. The third kappa shape index (κ3) is 3.76. The fourth-order valence-electron chi connectivity index (χ4n) is 2.73. The summed E-state index contributed by atoms with van der Waals surface area (Å²) >= 11 is 0. The van der Waals surface area contributed by atoms with Crippen LogP contribution in [0.15, 0.2) is 53.6 Å². The van der Waals surface area contributed by atoms with Gasteiger partial charge >= 0.3 is 0 Å². The predicted octanol–water partition coefficient (Wildman–Crippen LogP) is 1.95. The van der Waals surface area contributed by atoms with E-state index < -0.39 is 0 Å². The van der Waals surface area contributed by atoms with Crippen LogP contribution in [0.3, 0.4) is 0 Å². The van der Waals surface area contributed by atoms with Gasteiger partial charge in [-0.3, -0.25) is 24.2 Å². The lowest BCUT2D eigenvalue weighted by Crippen LogP contribution is -2.18. The number of ether oxygens (including phenoxy) is 1. The van der Waals surface area contributed by atoms with Crippen molar-refractivity contribution in [3.05, 3.63) is 64.8 Å². The second-order valence-electron chi connectivity index (χ2n) is 6.13. The minimum absolute atomic E-state index is 0.255. The van der Waals surface area contributed by atoms with Crippen LogP contribution in [0.2, 0.25) is 0 Å². The van der Waals surface area contributed by atoms with Crippen LogP contribution in [0.4, 0.5) is 11.6 Å². The number of H-pyrrole nitrogens is 1. The van der Waals surface area contributed by atoms with E-state index in [-0.39, 0.29) is 23.1 Å². The average Bonchev–Trinajstić information content (AvgIpc) is 3.09. The molecule has 0 unspecified atom stereocenters. The second kappa shape index (κ2) is 7.43. The lowest BCUT2D eigenvalue weighted by molar-refractivity contribution is 0.0958. The summed E-state index contributed by atoms with van der Waals surface area (Å²) in [7, 11) is 3.25. The van der Waals surface area contributed by atoms with Gasteiger partial charge in [-0.25, -0.2) is 0 Å². The molecule has 0 bridgehead atoms. The van der Waals surface area contributed by atoms with E-state index in [1.165, 1.54) is 24.1 Å². The number of hydrogen-bond acceptors (Lipinski definition) is 7. The van der Waals surface area contributed by atoms with Crippen molar-refractivity contribution in [2.75, 3.05) is 12.4 Å². The van der Waals surface area contributed by atoms with E-state index in [0.717, 1.165) is 0 Å². The molecule has 0 aliphatic heterocycles. The Morgan fingerprint density at radius 1 is 1.21 bits per heavy atom. The summed E-state index contributed by atoms with van der Waals surface area (Å²) in [5.74, 6) is 0.993. The maximum absolute atomic E-state index is 12.2. The number of aromatic amines is 1. The largest absolute Gasteiger partial charge is 0.457 e. The van der Waals surface area contributed by atoms with Crippen molar-refractivity contribution >= 4 is 28.6 Å². The van der Waals surface area contributed by atoms with E-state index in [2.05, 4.69) is 30.7 Å². The van der Waals surface area contributed by atoms with Crippen molar-refractivity contribution < 1.29 is 9.53 Å². The van der Waals surface area contributed by atoms with Crippen molar-refractivity contribution in [2.24, 2.45) is 7.05 Å². The Bertz CT molecular complexity index is 1260. The van der Waals surface area contributed by atoms with Crippen LogP contribution in [0.5, 0.6) is 11.5 Å². The molecule has 0 aliphatic rings. The van der Waals surface area contributed by atoms with E-state index in [9.17, 15) is 9.59 Å². The van der Waals surface area contributed by atoms with E-state index in [1.807, 2.05) is 6.07 Å². The highest BCUT2D eigenvalue weighted by Gasteiger charge is 2.09. The topological polar surface area (TPSA) is 127 Å². The average molecular weight is 391 g/mol. The molecule has 1 amide bonds. The monoisotopic (exact) mass is 391 g/mol. The van der Waals surface area contributed by atoms with Crippen LogP contribution in [-0.2, 0) is 7.05 Å². The molecule has 0 aliphatic carbocycles. The van der Waals surface area contributed by atoms with E-state index in [4.69, 9.17) is 4.74 Å². The van der Waals surface area contributed by atoms with Gasteiger partial charge in [-0.1, -0.05) is 6.07 Å². The molecule has 0 atom stereocenters. The van der Waals surface area contributed by atoms with Gasteiger partial charge in [-0.2, -0.15) is 10.1 Å². The van der Waals surface area contributed by atoms with Gasteiger partial charge in [0.05, 0.1) is 6.20 Å². The minimum atomic E-state index is -0.300. The lowest BCUT2D eigenvalue weighted by Gasteiger charge is -2.10. The zero-order chi connectivity index (χ0) is 20.4. The molecule has 0 saturated carbocycles. The Morgan fingerprint density at radius 3 is 2.86 bits per heavy atom. The van der Waals surface area contributed by atoms with E-state index in [1.54, 1.807) is 37.4 Å². The number of nitrogens with one attached hydrogen (secondary N) is 3. The molecule has 3 N–H and O–H groups in total. The maximum Gasteiger partial charge on any atom is 0.269 e. The molecular weight excluding hydrogens is 374 g/mol. The maximum atomic E-state index is 12.2. The van der Waals surface area contributed by atoms with Gasteiger partial charge in [0.25, 0.3) is 11.5 Å². The molecule has 0 spiro atoms. The fourth-order valence-corrected chi connectivity index (χ4v) is 2.73. The number of anilines is 2. The number of nitrogens with zero attached hydrogens (tertiary/aromatic N) is 4. The number of hydrogen-bond donors (Lipinski definition) is 3. The highest BCUT2D eigenvalue weighted by atomic mass is 16.5. The Labute approximate surface area is 164 Å². The summed E-state index contributed by atoms with van der Waals surface area (Å²) in [5.41, 5.74) is 1.11. The number of aryl methyl sites for hydroxylation is 1. The summed E-state index contributed by atoms with van der Waals surface area (Å²) in [6, 6.07) is 10.3. The number of benzene rings is 1. The summed E-state index contributed by atoms with van der Waals surface area (Å²) in [6.45, 7) is 0. The number of carbonyl (C=O) groups excluding carboxylic acids is 1. The van der Waals surface area contributed by atoms with Crippen LogP contribution in [-0.4, -0.2) is 37.7 Å². The van der Waals surface area contributed by atoms with E-state index in [0.29, 0.717) is 28.2 Å². The highest BCUT2D eigenvalue weighted by Crippen LogP contribution is 2.25. The van der Waals surface area contributed by atoms with Gasteiger partial charge in [0.1, 0.15) is 22.6 Å². The molecule has 4 rings (SSSR count). The third-order valence-electron chi connectivity index (χ3n) is 4.13. The number of carbonyl (C=O) groups is 1. The first kappa shape index (κ1) is 18.2. The van der Waals surface area contributed by atoms with Gasteiger partial charge < -0.3 is 15.4 Å². The second-order valence-corrected chi connectivity index (χ2v) is 6.13. The van der Waals surface area contributed by atoms with Crippen LogP contribution in [0, 0.1) is 0 Å². The van der Waals surface area contributed by atoms with Crippen LogP contribution >= 0.6 is 0 Å². The van der Waals surface area contributed by atoms with Crippen molar-refractivity contribution in [2.45, 2.75) is 0 Å². The van der Waals surface area contributed by atoms with Gasteiger partial charge in [0, 0.05) is 38.1 Å². The van der Waals surface area contributed by atoms with Gasteiger partial charge in [0.2, 0.25) is 5.95 Å². The summed E-state index contributed by atoms with van der Waals surface area (Å²) < 4.78 is 7.36. The van der Waals surface area contributed by atoms with Crippen molar-refractivity contribution in [3.63, 3.8) is 0 Å². The number of rotatable bonds is 5. The van der Waals surface area contributed by atoms with E-state index >= 15 is 0 Å². The Hall–Kier alpha value is -4.21. The zero-order valence-electron chi connectivity index (χ0n) is 15.6. The standard InChI is InChI=1S/C19H17N7O3/c1-20-18(28)15-9-13(6-7-21-15)29-12-5-3-4-11(8-12)23-19-24-16-14(17(27)25-19)10-22-26(16)2/h3-10H,1-2H3,(H,20,28)(H2,23,24,25,27). The lowest BCUT2D eigenvalue weighted by atomic mass is 10.3. The predicted molar refractivity (Wildman–Crippen MR) is 107 cm³/mol. The molecular formula is C19H17N7O3. The molecule has 4 aromatic rings. The smallest absolute Gasteiger partial charge is 0.269 e. The third-order valence-corrected chi connectivity index (χ3v) is 4.13. The summed E-state index contributed by atoms with van der Waals surface area (Å²) in [4.78, 5) is 35.0. The molecule has 29 heavy (non-hydrogen) atoms. The molecule has 10 heteroatoms. The van der Waals surface area contributed by atoms with Gasteiger partial charge in [-0.15, -0.1) is 0 Å². The highest BCUT2D eigenvalue weighted by molar-refractivity contribution is 5.92. The number of pyridine rings is 1.